The zero-order valence-corrected chi connectivity index (χ0v) is 12.7. The zero-order chi connectivity index (χ0) is 16.4. The van der Waals surface area contributed by atoms with Gasteiger partial charge in [-0.3, -0.25) is 9.89 Å². The minimum absolute atomic E-state index is 0.0350. The number of aromatic nitrogens is 2. The number of carboxylic acids is 1. The number of aliphatic carboxylic acids is 1. The number of H-pyrrole nitrogens is 1. The van der Waals surface area contributed by atoms with Gasteiger partial charge in [0.25, 0.3) is 5.91 Å². The van der Waals surface area contributed by atoms with Crippen LogP contribution < -0.4 is 0 Å². The smallest absolute Gasteiger partial charge is 0.334 e. The third-order valence-electron chi connectivity index (χ3n) is 3.90. The molecule has 7 nitrogen and oxygen atoms in total. The average Bonchev–Trinajstić information content (AvgIpc) is 2.96. The number of nitrogens with zero attached hydrogens (tertiary/aromatic N) is 2. The van der Waals surface area contributed by atoms with Crippen LogP contribution in [0.25, 0.3) is 11.3 Å². The SMILES string of the molecule is Cc1c(-c2ccccc2)n[nH]c1C(=O)N1CCOC(C(=O)O)C1. The predicted molar refractivity (Wildman–Crippen MR) is 82.0 cm³/mol. The Morgan fingerprint density at radius 3 is 2.78 bits per heavy atom. The number of rotatable bonds is 3. The molecule has 2 aromatic rings. The molecule has 1 atom stereocenters. The van der Waals surface area contributed by atoms with E-state index in [1.165, 1.54) is 4.90 Å². The molecule has 0 saturated carbocycles. The molecule has 1 aliphatic rings. The zero-order valence-electron chi connectivity index (χ0n) is 12.7. The summed E-state index contributed by atoms with van der Waals surface area (Å²) in [5.41, 5.74) is 2.78. The first-order valence-electron chi connectivity index (χ1n) is 7.32. The molecule has 1 saturated heterocycles. The van der Waals surface area contributed by atoms with Crippen LogP contribution >= 0.6 is 0 Å². The van der Waals surface area contributed by atoms with Gasteiger partial charge in [0.05, 0.1) is 18.8 Å². The average molecular weight is 315 g/mol. The van der Waals surface area contributed by atoms with Gasteiger partial charge in [-0.05, 0) is 6.92 Å². The van der Waals surface area contributed by atoms with E-state index in [0.717, 1.165) is 16.8 Å². The summed E-state index contributed by atoms with van der Waals surface area (Å²) in [5.74, 6) is -1.32. The Balaban J connectivity index is 1.83. The van der Waals surface area contributed by atoms with Crippen LogP contribution in [-0.2, 0) is 9.53 Å². The van der Waals surface area contributed by atoms with E-state index in [1.54, 1.807) is 0 Å². The van der Waals surface area contributed by atoms with Crippen molar-refractivity contribution in [1.29, 1.82) is 0 Å². The molecule has 0 spiro atoms. The van der Waals surface area contributed by atoms with Crippen LogP contribution in [0.15, 0.2) is 30.3 Å². The van der Waals surface area contributed by atoms with Gasteiger partial charge < -0.3 is 14.7 Å². The van der Waals surface area contributed by atoms with Crippen LogP contribution in [0.2, 0.25) is 0 Å². The van der Waals surface area contributed by atoms with Crippen molar-refractivity contribution in [2.45, 2.75) is 13.0 Å². The molecule has 1 fully saturated rings. The van der Waals surface area contributed by atoms with E-state index in [4.69, 9.17) is 9.84 Å². The maximum Gasteiger partial charge on any atom is 0.334 e. The number of aromatic amines is 1. The highest BCUT2D eigenvalue weighted by atomic mass is 16.5. The fourth-order valence-electron chi connectivity index (χ4n) is 2.62. The normalized spacial score (nSPS) is 18.0. The van der Waals surface area contributed by atoms with Crippen molar-refractivity contribution in [2.75, 3.05) is 19.7 Å². The summed E-state index contributed by atoms with van der Waals surface area (Å²) < 4.78 is 5.14. The number of amides is 1. The Kier molecular flexibility index (Phi) is 4.12. The summed E-state index contributed by atoms with van der Waals surface area (Å²) in [5, 5.41) is 16.1. The standard InChI is InChI=1S/C16H17N3O4/c1-10-13(11-5-3-2-4-6-11)17-18-14(10)15(20)19-7-8-23-12(9-19)16(21)22/h2-6,12H,7-9H2,1H3,(H,17,18)(H,21,22). The van der Waals surface area contributed by atoms with Crippen molar-refractivity contribution in [3.8, 4) is 11.3 Å². The highest BCUT2D eigenvalue weighted by Gasteiger charge is 2.31. The lowest BCUT2D eigenvalue weighted by Gasteiger charge is -2.30. The van der Waals surface area contributed by atoms with E-state index < -0.39 is 12.1 Å². The minimum Gasteiger partial charge on any atom is -0.479 e. The lowest BCUT2D eigenvalue weighted by molar-refractivity contribution is -0.154. The van der Waals surface area contributed by atoms with Crippen LogP contribution in [0.1, 0.15) is 16.1 Å². The molecule has 1 unspecified atom stereocenters. The predicted octanol–water partition coefficient (Wildman–Crippen LogP) is 1.31. The summed E-state index contributed by atoms with van der Waals surface area (Å²) in [6, 6.07) is 9.57. The molecule has 1 aliphatic heterocycles. The number of morpholine rings is 1. The van der Waals surface area contributed by atoms with Crippen LogP contribution in [0.4, 0.5) is 0 Å². The second-order valence-corrected chi connectivity index (χ2v) is 5.39. The molecule has 23 heavy (non-hydrogen) atoms. The Labute approximate surface area is 132 Å². The van der Waals surface area contributed by atoms with Gasteiger partial charge in [-0.2, -0.15) is 5.10 Å². The van der Waals surface area contributed by atoms with Crippen molar-refractivity contribution in [2.24, 2.45) is 0 Å². The summed E-state index contributed by atoms with van der Waals surface area (Å²) in [7, 11) is 0. The molecule has 0 radical (unpaired) electrons. The Bertz CT molecular complexity index is 726. The van der Waals surface area contributed by atoms with E-state index >= 15 is 0 Å². The van der Waals surface area contributed by atoms with E-state index in [9.17, 15) is 9.59 Å². The molecule has 1 aromatic heterocycles. The first-order chi connectivity index (χ1) is 11.1. The van der Waals surface area contributed by atoms with Crippen molar-refractivity contribution < 1.29 is 19.4 Å². The number of carboxylic acid groups (broad SMARTS) is 1. The number of carbonyl (C=O) groups excluding carboxylic acids is 1. The van der Waals surface area contributed by atoms with Crippen LogP contribution in [-0.4, -0.2) is 57.9 Å². The molecule has 7 heteroatoms. The van der Waals surface area contributed by atoms with Gasteiger partial charge in [0.15, 0.2) is 6.10 Å². The fourth-order valence-corrected chi connectivity index (χ4v) is 2.62. The van der Waals surface area contributed by atoms with Crippen molar-refractivity contribution >= 4 is 11.9 Å². The van der Waals surface area contributed by atoms with Gasteiger partial charge in [-0.25, -0.2) is 4.79 Å². The van der Waals surface area contributed by atoms with Crippen LogP contribution in [0, 0.1) is 6.92 Å². The van der Waals surface area contributed by atoms with Gasteiger partial charge in [0.1, 0.15) is 5.69 Å². The molecular formula is C16H17N3O4. The van der Waals surface area contributed by atoms with Gasteiger partial charge in [0, 0.05) is 17.7 Å². The Hall–Kier alpha value is -2.67. The van der Waals surface area contributed by atoms with Crippen molar-refractivity contribution in [1.82, 2.24) is 15.1 Å². The van der Waals surface area contributed by atoms with E-state index in [2.05, 4.69) is 10.2 Å². The van der Waals surface area contributed by atoms with Crippen LogP contribution in [0.3, 0.4) is 0 Å². The van der Waals surface area contributed by atoms with E-state index in [-0.39, 0.29) is 19.1 Å². The number of benzene rings is 1. The second-order valence-electron chi connectivity index (χ2n) is 5.39. The van der Waals surface area contributed by atoms with E-state index in [1.807, 2.05) is 37.3 Å². The summed E-state index contributed by atoms with van der Waals surface area (Å²) >= 11 is 0. The molecule has 0 aliphatic carbocycles. The molecule has 2 heterocycles. The van der Waals surface area contributed by atoms with E-state index in [0.29, 0.717) is 12.2 Å². The topological polar surface area (TPSA) is 95.5 Å². The summed E-state index contributed by atoms with van der Waals surface area (Å²) in [6.45, 7) is 2.44. The fraction of sp³-hybridized carbons (Fsp3) is 0.312. The van der Waals surface area contributed by atoms with Crippen LogP contribution in [0.5, 0.6) is 0 Å². The third-order valence-corrected chi connectivity index (χ3v) is 3.90. The monoisotopic (exact) mass is 315 g/mol. The number of nitrogens with one attached hydrogen (secondary N) is 1. The molecular weight excluding hydrogens is 298 g/mol. The van der Waals surface area contributed by atoms with Crippen molar-refractivity contribution in [3.05, 3.63) is 41.6 Å². The van der Waals surface area contributed by atoms with Gasteiger partial charge in [-0.15, -0.1) is 0 Å². The molecule has 1 amide bonds. The Morgan fingerprint density at radius 2 is 2.09 bits per heavy atom. The largest absolute Gasteiger partial charge is 0.479 e. The molecule has 2 N–H and O–H groups in total. The summed E-state index contributed by atoms with van der Waals surface area (Å²) in [6.07, 6.45) is -0.982. The second kappa shape index (κ2) is 6.21. The summed E-state index contributed by atoms with van der Waals surface area (Å²) in [4.78, 5) is 25.2. The maximum atomic E-state index is 12.6. The number of carbonyl (C=O) groups is 2. The number of ether oxygens (including phenoxy) is 1. The third kappa shape index (κ3) is 2.95. The highest BCUT2D eigenvalue weighted by Crippen LogP contribution is 2.24. The van der Waals surface area contributed by atoms with Gasteiger partial charge in [0.2, 0.25) is 0 Å². The van der Waals surface area contributed by atoms with Crippen molar-refractivity contribution in [3.63, 3.8) is 0 Å². The van der Waals surface area contributed by atoms with Gasteiger partial charge in [-0.1, -0.05) is 30.3 Å². The minimum atomic E-state index is -1.06. The number of hydrogen-bond donors (Lipinski definition) is 2. The molecule has 120 valence electrons. The molecule has 1 aromatic carbocycles. The highest BCUT2D eigenvalue weighted by molar-refractivity contribution is 5.95. The quantitative estimate of drug-likeness (QED) is 0.890. The number of hydrogen-bond acceptors (Lipinski definition) is 4. The Morgan fingerprint density at radius 1 is 1.35 bits per heavy atom. The molecule has 3 rings (SSSR count). The lowest BCUT2D eigenvalue weighted by Crippen LogP contribution is -2.48. The lowest BCUT2D eigenvalue weighted by atomic mass is 10.1. The first kappa shape index (κ1) is 15.2. The first-order valence-corrected chi connectivity index (χ1v) is 7.32. The molecule has 0 bridgehead atoms. The van der Waals surface area contributed by atoms with Gasteiger partial charge >= 0.3 is 5.97 Å². The maximum absolute atomic E-state index is 12.6.